The van der Waals surface area contributed by atoms with Gasteiger partial charge in [0, 0.05) is 23.1 Å². The molecule has 0 saturated carbocycles. The lowest BCUT2D eigenvalue weighted by molar-refractivity contribution is -0.113. The quantitative estimate of drug-likeness (QED) is 0.442. The first-order valence-corrected chi connectivity index (χ1v) is 10.4. The average molecular weight is 427 g/mol. The van der Waals surface area contributed by atoms with Gasteiger partial charge in [0.05, 0.1) is 5.75 Å². The van der Waals surface area contributed by atoms with Crippen molar-refractivity contribution in [3.8, 4) is 11.6 Å². The second kappa shape index (κ2) is 7.93. The Morgan fingerprint density at radius 2 is 1.90 bits per heavy atom. The molecule has 0 unspecified atom stereocenters. The van der Waals surface area contributed by atoms with Crippen molar-refractivity contribution in [1.29, 1.82) is 0 Å². The molecular weight excluding hydrogens is 408 g/mol. The van der Waals surface area contributed by atoms with Crippen LogP contribution in [0.3, 0.4) is 0 Å². The van der Waals surface area contributed by atoms with Gasteiger partial charge in [-0.3, -0.25) is 4.79 Å². The summed E-state index contributed by atoms with van der Waals surface area (Å²) in [5, 5.41) is 13.5. The fourth-order valence-corrected chi connectivity index (χ4v) is 4.05. The summed E-state index contributed by atoms with van der Waals surface area (Å²) in [5.74, 6) is 1.33. The van der Waals surface area contributed by atoms with Crippen LogP contribution in [0.15, 0.2) is 52.0 Å². The Morgan fingerprint density at radius 3 is 2.66 bits per heavy atom. The Kier molecular flexibility index (Phi) is 5.34. The third kappa shape index (κ3) is 4.31. The van der Waals surface area contributed by atoms with Crippen LogP contribution in [0.1, 0.15) is 11.1 Å². The fraction of sp³-hybridized carbons (Fsp3) is 0.190. The molecule has 2 aromatic carbocycles. The van der Waals surface area contributed by atoms with E-state index >= 15 is 0 Å². The molecule has 6 nitrogen and oxygen atoms in total. The zero-order chi connectivity index (χ0) is 20.5. The van der Waals surface area contributed by atoms with Crippen LogP contribution in [0, 0.1) is 13.8 Å². The van der Waals surface area contributed by atoms with Crippen molar-refractivity contribution < 1.29 is 9.21 Å². The molecule has 0 spiro atoms. The molecule has 29 heavy (non-hydrogen) atoms. The molecular formula is C21H19ClN4O2S. The number of rotatable bonds is 5. The molecule has 1 N–H and O–H groups in total. The summed E-state index contributed by atoms with van der Waals surface area (Å²) in [6.45, 7) is 4.01. The van der Waals surface area contributed by atoms with Crippen LogP contribution in [-0.2, 0) is 11.8 Å². The van der Waals surface area contributed by atoms with E-state index in [0.717, 1.165) is 27.8 Å². The van der Waals surface area contributed by atoms with E-state index in [0.29, 0.717) is 21.8 Å². The van der Waals surface area contributed by atoms with Gasteiger partial charge < -0.3 is 14.3 Å². The van der Waals surface area contributed by atoms with Gasteiger partial charge in [-0.2, -0.15) is 0 Å². The topological polar surface area (TPSA) is 73.0 Å². The molecule has 8 heteroatoms. The first kappa shape index (κ1) is 19.5. The maximum Gasteiger partial charge on any atom is 0.234 e. The highest BCUT2D eigenvalue weighted by Crippen LogP contribution is 2.30. The summed E-state index contributed by atoms with van der Waals surface area (Å²) in [6.07, 6.45) is 0. The number of hydrogen-bond donors (Lipinski definition) is 1. The van der Waals surface area contributed by atoms with Gasteiger partial charge in [-0.1, -0.05) is 29.4 Å². The smallest absolute Gasteiger partial charge is 0.234 e. The largest absolute Gasteiger partial charge is 0.453 e. The normalized spacial score (nSPS) is 11.2. The second-order valence-electron chi connectivity index (χ2n) is 6.87. The zero-order valence-corrected chi connectivity index (χ0v) is 17.8. The average Bonchev–Trinajstić information content (AvgIpc) is 3.21. The van der Waals surface area contributed by atoms with Crippen LogP contribution in [0.4, 0.5) is 5.69 Å². The highest BCUT2D eigenvalue weighted by atomic mass is 35.5. The molecule has 0 aliphatic heterocycles. The summed E-state index contributed by atoms with van der Waals surface area (Å²) in [7, 11) is 1.85. The van der Waals surface area contributed by atoms with Crippen molar-refractivity contribution in [3.05, 3.63) is 58.6 Å². The van der Waals surface area contributed by atoms with Crippen molar-refractivity contribution in [2.75, 3.05) is 11.1 Å². The summed E-state index contributed by atoms with van der Waals surface area (Å²) >= 11 is 7.36. The Hall–Kier alpha value is -2.77. The number of amides is 1. The van der Waals surface area contributed by atoms with Gasteiger partial charge in [0.25, 0.3) is 0 Å². The Morgan fingerprint density at radius 1 is 1.14 bits per heavy atom. The number of nitrogens with one attached hydrogen (secondary N) is 1. The van der Waals surface area contributed by atoms with Crippen LogP contribution >= 0.6 is 23.4 Å². The Balaban J connectivity index is 1.46. The molecule has 0 aliphatic rings. The number of benzene rings is 2. The molecule has 2 aromatic heterocycles. The lowest BCUT2D eigenvalue weighted by atomic mass is 10.1. The van der Waals surface area contributed by atoms with E-state index in [-0.39, 0.29) is 11.7 Å². The van der Waals surface area contributed by atoms with Gasteiger partial charge >= 0.3 is 0 Å². The molecule has 148 valence electrons. The maximum absolute atomic E-state index is 12.3. The van der Waals surface area contributed by atoms with E-state index in [9.17, 15) is 4.79 Å². The SMILES string of the molecule is Cc1cc(C)cc(NC(=O)CSc2nnc(-c3cc4cc(Cl)ccc4o3)n2C)c1. The van der Waals surface area contributed by atoms with Crippen LogP contribution < -0.4 is 5.32 Å². The molecule has 2 heterocycles. The first-order valence-electron chi connectivity index (χ1n) is 8.99. The number of thioether (sulfide) groups is 1. The van der Waals surface area contributed by atoms with Gasteiger partial charge in [-0.25, -0.2) is 0 Å². The molecule has 0 aliphatic carbocycles. The third-order valence-electron chi connectivity index (χ3n) is 4.37. The standard InChI is InChI=1S/C21H19ClN4O2S/c1-12-6-13(2)8-16(7-12)23-19(27)11-29-21-25-24-20(26(21)3)18-10-14-9-15(22)4-5-17(14)28-18/h4-10H,11H2,1-3H3,(H,23,27). The number of fused-ring (bicyclic) bond motifs is 1. The molecule has 0 bridgehead atoms. The van der Waals surface area contributed by atoms with Gasteiger partial charge in [0.1, 0.15) is 5.58 Å². The van der Waals surface area contributed by atoms with Crippen LogP contribution in [0.2, 0.25) is 5.02 Å². The summed E-state index contributed by atoms with van der Waals surface area (Å²) in [5.41, 5.74) is 3.75. The van der Waals surface area contributed by atoms with Crippen LogP contribution in [0.5, 0.6) is 0 Å². The highest BCUT2D eigenvalue weighted by molar-refractivity contribution is 7.99. The number of halogens is 1. The number of carbonyl (C=O) groups excluding carboxylic acids is 1. The summed E-state index contributed by atoms with van der Waals surface area (Å²) in [6, 6.07) is 13.3. The lowest BCUT2D eigenvalue weighted by Gasteiger charge is -2.07. The number of nitrogens with zero attached hydrogens (tertiary/aromatic N) is 3. The molecule has 4 aromatic rings. The van der Waals surface area contributed by atoms with E-state index in [2.05, 4.69) is 21.6 Å². The van der Waals surface area contributed by atoms with E-state index in [1.165, 1.54) is 11.8 Å². The number of hydrogen-bond acceptors (Lipinski definition) is 5. The molecule has 4 rings (SSSR count). The zero-order valence-electron chi connectivity index (χ0n) is 16.2. The fourth-order valence-electron chi connectivity index (χ4n) is 3.15. The van der Waals surface area contributed by atoms with Gasteiger partial charge in [0.15, 0.2) is 16.7 Å². The van der Waals surface area contributed by atoms with Gasteiger partial charge in [-0.05, 0) is 61.4 Å². The number of carbonyl (C=O) groups is 1. The molecule has 0 radical (unpaired) electrons. The van der Waals surface area contributed by atoms with Crippen LogP contribution in [0.25, 0.3) is 22.6 Å². The molecule has 1 amide bonds. The number of anilines is 1. The summed E-state index contributed by atoms with van der Waals surface area (Å²) < 4.78 is 7.67. The van der Waals surface area contributed by atoms with E-state index in [4.69, 9.17) is 16.0 Å². The lowest BCUT2D eigenvalue weighted by Crippen LogP contribution is -2.14. The minimum atomic E-state index is -0.0945. The second-order valence-corrected chi connectivity index (χ2v) is 8.25. The number of furan rings is 1. The van der Waals surface area contributed by atoms with Crippen molar-refractivity contribution in [2.45, 2.75) is 19.0 Å². The van der Waals surface area contributed by atoms with Crippen molar-refractivity contribution in [1.82, 2.24) is 14.8 Å². The number of aromatic nitrogens is 3. The monoisotopic (exact) mass is 426 g/mol. The molecule has 0 atom stereocenters. The maximum atomic E-state index is 12.3. The Bertz CT molecular complexity index is 1190. The number of aryl methyl sites for hydroxylation is 2. The molecule has 0 saturated heterocycles. The van der Waals surface area contributed by atoms with Gasteiger partial charge in [0.2, 0.25) is 5.91 Å². The predicted molar refractivity (Wildman–Crippen MR) is 116 cm³/mol. The minimum Gasteiger partial charge on any atom is -0.453 e. The van der Waals surface area contributed by atoms with Crippen LogP contribution in [-0.4, -0.2) is 26.4 Å². The predicted octanol–water partition coefficient (Wildman–Crippen LogP) is 5.23. The molecule has 0 fully saturated rings. The summed E-state index contributed by atoms with van der Waals surface area (Å²) in [4.78, 5) is 12.3. The van der Waals surface area contributed by atoms with E-state index in [1.54, 1.807) is 6.07 Å². The van der Waals surface area contributed by atoms with Gasteiger partial charge in [-0.15, -0.1) is 10.2 Å². The van der Waals surface area contributed by atoms with E-state index < -0.39 is 0 Å². The van der Waals surface area contributed by atoms with E-state index in [1.807, 2.05) is 55.8 Å². The van der Waals surface area contributed by atoms with Crippen molar-refractivity contribution in [2.24, 2.45) is 7.05 Å². The first-order chi connectivity index (χ1) is 13.9. The third-order valence-corrected chi connectivity index (χ3v) is 5.63. The highest BCUT2D eigenvalue weighted by Gasteiger charge is 2.16. The van der Waals surface area contributed by atoms with Crippen molar-refractivity contribution in [3.63, 3.8) is 0 Å². The van der Waals surface area contributed by atoms with Crippen molar-refractivity contribution >= 4 is 45.9 Å². The minimum absolute atomic E-state index is 0.0945. The Labute approximate surface area is 177 Å².